The predicted molar refractivity (Wildman–Crippen MR) is 72.7 cm³/mol. The zero-order valence-electron chi connectivity index (χ0n) is 12.3. The van der Waals surface area contributed by atoms with Gasteiger partial charge in [-0.1, -0.05) is 26.7 Å². The van der Waals surface area contributed by atoms with Gasteiger partial charge in [0.25, 0.3) is 0 Å². The Morgan fingerprint density at radius 1 is 1.25 bits per heavy atom. The van der Waals surface area contributed by atoms with Gasteiger partial charge in [-0.25, -0.2) is 4.79 Å². The SMILES string of the molecule is CCC1C2CC(C(=O)OC3CCOC3=O)C(C2)C1CC. The van der Waals surface area contributed by atoms with E-state index in [-0.39, 0.29) is 17.9 Å². The van der Waals surface area contributed by atoms with E-state index < -0.39 is 6.10 Å². The van der Waals surface area contributed by atoms with Crippen LogP contribution < -0.4 is 0 Å². The Hall–Kier alpha value is -1.06. The van der Waals surface area contributed by atoms with Crippen molar-refractivity contribution in [1.29, 1.82) is 0 Å². The molecule has 2 aliphatic carbocycles. The van der Waals surface area contributed by atoms with E-state index in [0.29, 0.717) is 30.8 Å². The average molecular weight is 280 g/mol. The Balaban J connectivity index is 1.64. The number of hydrogen-bond acceptors (Lipinski definition) is 4. The molecule has 112 valence electrons. The summed E-state index contributed by atoms with van der Waals surface area (Å²) in [6.07, 6.45) is 4.36. The van der Waals surface area contributed by atoms with Gasteiger partial charge in [0.05, 0.1) is 12.5 Å². The van der Waals surface area contributed by atoms with Crippen LogP contribution in [-0.2, 0) is 19.1 Å². The maximum atomic E-state index is 12.4. The molecule has 0 N–H and O–H groups in total. The fraction of sp³-hybridized carbons (Fsp3) is 0.875. The van der Waals surface area contributed by atoms with Gasteiger partial charge < -0.3 is 9.47 Å². The second-order valence-electron chi connectivity index (χ2n) is 6.53. The summed E-state index contributed by atoms with van der Waals surface area (Å²) in [6, 6.07) is 0. The Bertz CT molecular complexity index is 405. The monoisotopic (exact) mass is 280 g/mol. The number of cyclic esters (lactones) is 1. The van der Waals surface area contributed by atoms with Crippen molar-refractivity contribution in [2.75, 3.05) is 6.61 Å². The fourth-order valence-electron chi connectivity index (χ4n) is 4.93. The third-order valence-electron chi connectivity index (χ3n) is 5.75. The number of rotatable bonds is 4. The third-order valence-corrected chi connectivity index (χ3v) is 5.75. The molecule has 0 spiro atoms. The smallest absolute Gasteiger partial charge is 0.347 e. The van der Waals surface area contributed by atoms with E-state index >= 15 is 0 Å². The van der Waals surface area contributed by atoms with E-state index in [9.17, 15) is 9.59 Å². The molecule has 1 heterocycles. The number of fused-ring (bicyclic) bond motifs is 2. The van der Waals surface area contributed by atoms with Crippen LogP contribution in [0.5, 0.6) is 0 Å². The minimum absolute atomic E-state index is 0.0150. The van der Waals surface area contributed by atoms with Gasteiger partial charge >= 0.3 is 11.9 Å². The first-order chi connectivity index (χ1) is 9.65. The maximum absolute atomic E-state index is 12.4. The highest BCUT2D eigenvalue weighted by atomic mass is 16.6. The Morgan fingerprint density at radius 2 is 2.00 bits per heavy atom. The van der Waals surface area contributed by atoms with E-state index in [0.717, 1.165) is 18.8 Å². The molecule has 3 aliphatic rings. The largest absolute Gasteiger partial charge is 0.463 e. The first kappa shape index (κ1) is 13.9. The first-order valence-electron chi connectivity index (χ1n) is 8.02. The van der Waals surface area contributed by atoms with E-state index in [4.69, 9.17) is 9.47 Å². The highest BCUT2D eigenvalue weighted by Crippen LogP contribution is 2.57. The molecule has 3 rings (SSSR count). The molecule has 2 bridgehead atoms. The van der Waals surface area contributed by atoms with Crippen LogP contribution in [0.25, 0.3) is 0 Å². The summed E-state index contributed by atoms with van der Waals surface area (Å²) in [5, 5.41) is 0. The van der Waals surface area contributed by atoms with E-state index in [1.165, 1.54) is 12.8 Å². The number of hydrogen-bond donors (Lipinski definition) is 0. The van der Waals surface area contributed by atoms with Gasteiger partial charge in [-0.3, -0.25) is 4.79 Å². The quantitative estimate of drug-likeness (QED) is 0.743. The third kappa shape index (κ3) is 2.13. The van der Waals surface area contributed by atoms with Crippen LogP contribution in [0.4, 0.5) is 0 Å². The molecule has 6 atom stereocenters. The summed E-state index contributed by atoms with van der Waals surface area (Å²) in [5.41, 5.74) is 0. The number of carbonyl (C=O) groups is 2. The minimum atomic E-state index is -0.649. The minimum Gasteiger partial charge on any atom is -0.463 e. The molecule has 0 aromatic rings. The van der Waals surface area contributed by atoms with Gasteiger partial charge in [-0.15, -0.1) is 0 Å². The standard InChI is InChI=1S/C16H24O4/c1-3-10-9-7-12(11(10)4-2)13(8-9)15(17)20-14-5-6-19-16(14)18/h9-14H,3-8H2,1-2H3. The van der Waals surface area contributed by atoms with Crippen molar-refractivity contribution in [3.8, 4) is 0 Å². The number of ether oxygens (including phenoxy) is 2. The predicted octanol–water partition coefficient (Wildman–Crippen LogP) is 2.55. The van der Waals surface area contributed by atoms with E-state index in [2.05, 4.69) is 13.8 Å². The van der Waals surface area contributed by atoms with Crippen LogP contribution in [0, 0.1) is 29.6 Å². The van der Waals surface area contributed by atoms with Gasteiger partial charge in [-0.2, -0.15) is 0 Å². The van der Waals surface area contributed by atoms with Crippen LogP contribution in [0.15, 0.2) is 0 Å². The molecule has 20 heavy (non-hydrogen) atoms. The van der Waals surface area contributed by atoms with Gasteiger partial charge in [0.1, 0.15) is 0 Å². The molecule has 2 saturated carbocycles. The van der Waals surface area contributed by atoms with Crippen molar-refractivity contribution in [1.82, 2.24) is 0 Å². The Morgan fingerprint density at radius 3 is 2.60 bits per heavy atom. The highest BCUT2D eigenvalue weighted by Gasteiger charge is 2.54. The van der Waals surface area contributed by atoms with Gasteiger partial charge in [-0.05, 0) is 36.5 Å². The molecule has 0 aromatic heterocycles. The lowest BCUT2D eigenvalue weighted by Crippen LogP contribution is -2.35. The first-order valence-corrected chi connectivity index (χ1v) is 8.02. The Kier molecular flexibility index (Phi) is 3.74. The van der Waals surface area contributed by atoms with Crippen LogP contribution in [0.2, 0.25) is 0 Å². The van der Waals surface area contributed by atoms with Crippen molar-refractivity contribution in [2.45, 2.75) is 52.1 Å². The zero-order chi connectivity index (χ0) is 14.3. The summed E-state index contributed by atoms with van der Waals surface area (Å²) in [4.78, 5) is 23.8. The van der Waals surface area contributed by atoms with Crippen molar-refractivity contribution in [2.24, 2.45) is 29.6 Å². The van der Waals surface area contributed by atoms with Crippen molar-refractivity contribution >= 4 is 11.9 Å². The zero-order valence-corrected chi connectivity index (χ0v) is 12.3. The lowest BCUT2D eigenvalue weighted by atomic mass is 9.72. The highest BCUT2D eigenvalue weighted by molar-refractivity contribution is 5.81. The number of esters is 2. The second kappa shape index (κ2) is 5.38. The molecule has 4 heteroatoms. The van der Waals surface area contributed by atoms with E-state index in [1.807, 2.05) is 0 Å². The van der Waals surface area contributed by atoms with Crippen molar-refractivity contribution < 1.29 is 19.1 Å². The lowest BCUT2D eigenvalue weighted by Gasteiger charge is -2.34. The normalized spacial score (nSPS) is 42.8. The molecule has 0 aromatic carbocycles. The van der Waals surface area contributed by atoms with Crippen LogP contribution in [-0.4, -0.2) is 24.6 Å². The van der Waals surface area contributed by atoms with E-state index in [1.54, 1.807) is 0 Å². The summed E-state index contributed by atoms with van der Waals surface area (Å²) < 4.78 is 10.3. The average Bonchev–Trinajstić information content (AvgIpc) is 3.12. The molecule has 3 fully saturated rings. The van der Waals surface area contributed by atoms with Gasteiger partial charge in [0.2, 0.25) is 6.10 Å². The molecule has 4 nitrogen and oxygen atoms in total. The molecule has 0 radical (unpaired) electrons. The van der Waals surface area contributed by atoms with Crippen molar-refractivity contribution in [3.63, 3.8) is 0 Å². The summed E-state index contributed by atoms with van der Waals surface area (Å²) in [6.45, 7) is 4.86. The molecule has 1 aliphatic heterocycles. The molecular weight excluding hydrogens is 256 g/mol. The number of carbonyl (C=O) groups excluding carboxylic acids is 2. The molecule has 6 unspecified atom stereocenters. The lowest BCUT2D eigenvalue weighted by molar-refractivity contribution is -0.165. The molecule has 0 amide bonds. The topological polar surface area (TPSA) is 52.6 Å². The van der Waals surface area contributed by atoms with Gasteiger partial charge in [0, 0.05) is 6.42 Å². The summed E-state index contributed by atoms with van der Waals surface area (Å²) >= 11 is 0. The van der Waals surface area contributed by atoms with Gasteiger partial charge in [0.15, 0.2) is 0 Å². The van der Waals surface area contributed by atoms with Crippen LogP contribution in [0.3, 0.4) is 0 Å². The summed E-state index contributed by atoms with van der Waals surface area (Å²) in [5.74, 6) is 2.08. The Labute approximate surface area is 120 Å². The van der Waals surface area contributed by atoms with Crippen molar-refractivity contribution in [3.05, 3.63) is 0 Å². The second-order valence-corrected chi connectivity index (χ2v) is 6.53. The molecular formula is C16H24O4. The molecule has 1 saturated heterocycles. The maximum Gasteiger partial charge on any atom is 0.347 e. The van der Waals surface area contributed by atoms with Crippen LogP contribution >= 0.6 is 0 Å². The van der Waals surface area contributed by atoms with Crippen LogP contribution in [0.1, 0.15) is 46.0 Å². The fourth-order valence-corrected chi connectivity index (χ4v) is 4.93. The summed E-state index contributed by atoms with van der Waals surface area (Å²) in [7, 11) is 0.